The van der Waals surface area contributed by atoms with Crippen LogP contribution in [0.25, 0.3) is 0 Å². The van der Waals surface area contributed by atoms with Gasteiger partial charge in [-0.1, -0.05) is 0 Å². The Bertz CT molecular complexity index is 377. The van der Waals surface area contributed by atoms with Crippen molar-refractivity contribution in [3.05, 3.63) is 0 Å². The van der Waals surface area contributed by atoms with Gasteiger partial charge in [0.1, 0.15) is 5.72 Å². The molecule has 0 aromatic rings. The zero-order chi connectivity index (χ0) is 18.5. The van der Waals surface area contributed by atoms with Gasteiger partial charge in [0.15, 0.2) is 0 Å². The number of hydrogen-bond donors (Lipinski definition) is 2. The zero-order valence-electron chi connectivity index (χ0n) is 16.8. The first-order valence-corrected chi connectivity index (χ1v) is 8.40. The fourth-order valence-electron chi connectivity index (χ4n) is 2.21. The number of amides is 1. The molecule has 0 aliphatic rings. The molecule has 0 bridgehead atoms. The summed E-state index contributed by atoms with van der Waals surface area (Å²) in [6.45, 7) is 21.0. The molecule has 0 heterocycles. The van der Waals surface area contributed by atoms with Crippen LogP contribution in [0.3, 0.4) is 0 Å². The third kappa shape index (κ3) is 13.5. The SMILES string of the molecule is CC(C)(C)NC(C)(C)OCCC(=O)NC(C)(C)COC(C)(C)C. The minimum absolute atomic E-state index is 0.0286. The van der Waals surface area contributed by atoms with Crippen molar-refractivity contribution in [2.45, 2.75) is 98.1 Å². The van der Waals surface area contributed by atoms with Crippen molar-refractivity contribution < 1.29 is 14.3 Å². The first-order chi connectivity index (χ1) is 10.0. The highest BCUT2D eigenvalue weighted by molar-refractivity contribution is 5.76. The molecule has 5 nitrogen and oxygen atoms in total. The van der Waals surface area contributed by atoms with Crippen molar-refractivity contribution in [3.8, 4) is 0 Å². The standard InChI is InChI=1S/C18H38N2O3/c1-15(2,3)20-18(9,10)22-12-11-14(21)19-17(7,8)13-23-16(4,5)6/h20H,11-13H2,1-10H3,(H,19,21). The third-order valence-corrected chi connectivity index (χ3v) is 2.81. The van der Waals surface area contributed by atoms with Crippen LogP contribution in [0.4, 0.5) is 0 Å². The van der Waals surface area contributed by atoms with Gasteiger partial charge in [-0.3, -0.25) is 10.1 Å². The highest BCUT2D eigenvalue weighted by Crippen LogP contribution is 2.14. The highest BCUT2D eigenvalue weighted by atomic mass is 16.5. The van der Waals surface area contributed by atoms with Crippen molar-refractivity contribution in [2.75, 3.05) is 13.2 Å². The minimum Gasteiger partial charge on any atom is -0.373 e. The Balaban J connectivity index is 4.21. The van der Waals surface area contributed by atoms with Gasteiger partial charge in [-0.05, 0) is 69.2 Å². The Morgan fingerprint density at radius 3 is 1.83 bits per heavy atom. The maximum Gasteiger partial charge on any atom is 0.222 e. The van der Waals surface area contributed by atoms with Gasteiger partial charge < -0.3 is 14.8 Å². The smallest absolute Gasteiger partial charge is 0.222 e. The maximum atomic E-state index is 12.1. The van der Waals surface area contributed by atoms with Crippen LogP contribution in [0.15, 0.2) is 0 Å². The maximum absolute atomic E-state index is 12.1. The Labute approximate surface area is 142 Å². The second kappa shape index (κ2) is 7.95. The van der Waals surface area contributed by atoms with Gasteiger partial charge >= 0.3 is 0 Å². The van der Waals surface area contributed by atoms with Crippen molar-refractivity contribution >= 4 is 5.91 Å². The molecule has 0 saturated heterocycles. The van der Waals surface area contributed by atoms with Crippen LogP contribution in [0.1, 0.15) is 75.7 Å². The van der Waals surface area contributed by atoms with E-state index < -0.39 is 11.3 Å². The van der Waals surface area contributed by atoms with E-state index in [1.807, 2.05) is 48.5 Å². The molecule has 1 amide bonds. The summed E-state index contributed by atoms with van der Waals surface area (Å²) < 4.78 is 11.6. The van der Waals surface area contributed by atoms with E-state index in [1.165, 1.54) is 0 Å². The van der Waals surface area contributed by atoms with Gasteiger partial charge in [0, 0.05) is 5.54 Å². The van der Waals surface area contributed by atoms with Gasteiger partial charge in [0.05, 0.1) is 30.8 Å². The van der Waals surface area contributed by atoms with E-state index in [2.05, 4.69) is 31.4 Å². The summed E-state index contributed by atoms with van der Waals surface area (Å²) in [6, 6.07) is 0. The number of carbonyl (C=O) groups excluding carboxylic acids is 1. The molecule has 0 atom stereocenters. The molecule has 0 aromatic carbocycles. The van der Waals surface area contributed by atoms with E-state index in [0.29, 0.717) is 19.6 Å². The van der Waals surface area contributed by atoms with E-state index in [4.69, 9.17) is 9.47 Å². The molecule has 2 N–H and O–H groups in total. The summed E-state index contributed by atoms with van der Waals surface area (Å²) in [5.74, 6) is -0.0286. The second-order valence-corrected chi connectivity index (χ2v) is 9.32. The molecule has 0 fully saturated rings. The molecule has 0 saturated carbocycles. The van der Waals surface area contributed by atoms with Crippen LogP contribution in [-0.2, 0) is 14.3 Å². The Kier molecular flexibility index (Phi) is 7.72. The molecule has 138 valence electrons. The van der Waals surface area contributed by atoms with Crippen LogP contribution in [0, 0.1) is 0 Å². The van der Waals surface area contributed by atoms with Crippen molar-refractivity contribution in [3.63, 3.8) is 0 Å². The fourth-order valence-corrected chi connectivity index (χ4v) is 2.21. The lowest BCUT2D eigenvalue weighted by atomic mass is 10.1. The largest absolute Gasteiger partial charge is 0.373 e. The number of rotatable bonds is 8. The van der Waals surface area contributed by atoms with Crippen molar-refractivity contribution in [1.29, 1.82) is 0 Å². The number of ether oxygens (including phenoxy) is 2. The molecule has 5 heteroatoms. The van der Waals surface area contributed by atoms with E-state index >= 15 is 0 Å². The minimum atomic E-state index is -0.469. The molecule has 0 unspecified atom stereocenters. The van der Waals surface area contributed by atoms with Crippen LogP contribution < -0.4 is 10.6 Å². The number of nitrogens with one attached hydrogen (secondary N) is 2. The predicted octanol–water partition coefficient (Wildman–Crippen LogP) is 3.23. The first-order valence-electron chi connectivity index (χ1n) is 8.40. The summed E-state index contributed by atoms with van der Waals surface area (Å²) in [5.41, 5.74) is -1.13. The van der Waals surface area contributed by atoms with E-state index in [-0.39, 0.29) is 17.0 Å². The normalized spacial score (nSPS) is 14.0. The van der Waals surface area contributed by atoms with Gasteiger partial charge in [-0.15, -0.1) is 0 Å². The quantitative estimate of drug-likeness (QED) is 0.671. The average molecular weight is 331 g/mol. The van der Waals surface area contributed by atoms with Crippen LogP contribution in [-0.4, -0.2) is 41.5 Å². The zero-order valence-corrected chi connectivity index (χ0v) is 16.8. The summed E-state index contributed by atoms with van der Waals surface area (Å²) in [4.78, 5) is 12.1. The number of carbonyl (C=O) groups is 1. The second-order valence-electron chi connectivity index (χ2n) is 9.32. The Morgan fingerprint density at radius 2 is 1.39 bits per heavy atom. The Hall–Kier alpha value is -0.650. The first kappa shape index (κ1) is 22.4. The van der Waals surface area contributed by atoms with Gasteiger partial charge in [-0.25, -0.2) is 0 Å². The molecule has 0 rings (SSSR count). The molecule has 0 radical (unpaired) electrons. The van der Waals surface area contributed by atoms with Gasteiger partial charge in [0.25, 0.3) is 0 Å². The monoisotopic (exact) mass is 330 g/mol. The lowest BCUT2D eigenvalue weighted by molar-refractivity contribution is -0.128. The molecule has 0 aromatic heterocycles. The molecule has 0 aliphatic heterocycles. The molecule has 0 spiro atoms. The third-order valence-electron chi connectivity index (χ3n) is 2.81. The average Bonchev–Trinajstić information content (AvgIpc) is 2.21. The summed E-state index contributed by atoms with van der Waals surface area (Å²) in [6.07, 6.45) is 0.328. The lowest BCUT2D eigenvalue weighted by Gasteiger charge is -2.35. The van der Waals surface area contributed by atoms with Gasteiger partial charge in [-0.2, -0.15) is 0 Å². The van der Waals surface area contributed by atoms with Gasteiger partial charge in [0.2, 0.25) is 5.91 Å². The van der Waals surface area contributed by atoms with E-state index in [1.54, 1.807) is 0 Å². The molecule has 0 aliphatic carbocycles. The van der Waals surface area contributed by atoms with Crippen LogP contribution in [0.5, 0.6) is 0 Å². The fraction of sp³-hybridized carbons (Fsp3) is 0.944. The molecule has 23 heavy (non-hydrogen) atoms. The lowest BCUT2D eigenvalue weighted by Crippen LogP contribution is -2.52. The number of hydrogen-bond acceptors (Lipinski definition) is 4. The van der Waals surface area contributed by atoms with Crippen molar-refractivity contribution in [1.82, 2.24) is 10.6 Å². The van der Waals surface area contributed by atoms with Crippen LogP contribution in [0.2, 0.25) is 0 Å². The Morgan fingerprint density at radius 1 is 0.870 bits per heavy atom. The summed E-state index contributed by atoms with van der Waals surface area (Å²) >= 11 is 0. The summed E-state index contributed by atoms with van der Waals surface area (Å²) in [7, 11) is 0. The molecular formula is C18H38N2O3. The molecular weight excluding hydrogens is 292 g/mol. The van der Waals surface area contributed by atoms with Crippen molar-refractivity contribution in [2.24, 2.45) is 0 Å². The topological polar surface area (TPSA) is 59.6 Å². The van der Waals surface area contributed by atoms with Crippen LogP contribution >= 0.6 is 0 Å². The summed E-state index contributed by atoms with van der Waals surface area (Å²) in [5, 5.41) is 6.38. The predicted molar refractivity (Wildman–Crippen MR) is 95.5 cm³/mol. The van der Waals surface area contributed by atoms with E-state index in [0.717, 1.165) is 0 Å². The van der Waals surface area contributed by atoms with E-state index in [9.17, 15) is 4.79 Å². The highest BCUT2D eigenvalue weighted by Gasteiger charge is 2.26.